The average molecular weight is 267 g/mol. The molecule has 0 bridgehead atoms. The van der Waals surface area contributed by atoms with Crippen molar-refractivity contribution in [2.45, 2.75) is 0 Å². The smallest absolute Gasteiger partial charge is 0.339 e. The van der Waals surface area contributed by atoms with Crippen LogP contribution in [-0.2, 0) is 4.74 Å². The molecule has 0 atom stereocenters. The second kappa shape index (κ2) is 3.94. The molecule has 2 aromatic heterocycles. The van der Waals surface area contributed by atoms with Gasteiger partial charge in [-0.25, -0.2) is 14.8 Å². The maximum absolute atomic E-state index is 11.2. The first-order chi connectivity index (χ1) is 7.20. The molecule has 2 aromatic rings. The molecule has 0 radical (unpaired) electrons. The van der Waals surface area contributed by atoms with Crippen LogP contribution in [0, 0.1) is 0 Å². The number of hydrogen-bond acceptors (Lipinski definition) is 4. The summed E-state index contributed by atoms with van der Waals surface area (Å²) in [5.74, 6) is -0.399. The zero-order valence-electron chi connectivity index (χ0n) is 7.90. The third-order valence-corrected chi connectivity index (χ3v) is 2.35. The zero-order valence-corrected chi connectivity index (χ0v) is 9.48. The number of carbonyl (C=O) groups excluding carboxylic acids is 1. The van der Waals surface area contributed by atoms with Crippen molar-refractivity contribution in [2.24, 2.45) is 0 Å². The number of hydrogen-bond donors (Lipinski definition) is 0. The normalized spacial score (nSPS) is 10.3. The van der Waals surface area contributed by atoms with Crippen LogP contribution in [-0.4, -0.2) is 23.0 Å². The Morgan fingerprint density at radius 1 is 1.33 bits per heavy atom. The van der Waals surface area contributed by atoms with Crippen molar-refractivity contribution in [1.29, 1.82) is 0 Å². The second-order valence-electron chi connectivity index (χ2n) is 2.92. The number of aromatic nitrogens is 2. The lowest BCUT2D eigenvalue weighted by Crippen LogP contribution is -2.01. The number of fused-ring (bicyclic) bond motifs is 1. The maximum Gasteiger partial charge on any atom is 0.339 e. The van der Waals surface area contributed by atoms with Crippen LogP contribution in [0.1, 0.15) is 10.4 Å². The van der Waals surface area contributed by atoms with Crippen LogP contribution in [0.4, 0.5) is 0 Å². The molecule has 0 unspecified atom stereocenters. The number of esters is 1. The summed E-state index contributed by atoms with van der Waals surface area (Å²) in [7, 11) is 1.34. The number of ether oxygens (including phenoxy) is 1. The van der Waals surface area contributed by atoms with Crippen LogP contribution in [0.15, 0.2) is 29.0 Å². The SMILES string of the molecule is COC(=O)c1cnc2ncc(Br)cc2c1. The Labute approximate surface area is 94.4 Å². The number of nitrogens with zero attached hydrogens (tertiary/aromatic N) is 2. The molecule has 4 nitrogen and oxygen atoms in total. The van der Waals surface area contributed by atoms with E-state index >= 15 is 0 Å². The molecule has 0 aromatic carbocycles. The summed E-state index contributed by atoms with van der Waals surface area (Å²) in [4.78, 5) is 19.4. The van der Waals surface area contributed by atoms with Gasteiger partial charge in [0.25, 0.3) is 0 Å². The summed E-state index contributed by atoms with van der Waals surface area (Å²) in [6, 6.07) is 3.55. The molecule has 2 rings (SSSR count). The highest BCUT2D eigenvalue weighted by Crippen LogP contribution is 2.16. The van der Waals surface area contributed by atoms with Crippen molar-refractivity contribution in [3.05, 3.63) is 34.6 Å². The summed E-state index contributed by atoms with van der Waals surface area (Å²) in [5.41, 5.74) is 1.02. The van der Waals surface area contributed by atoms with Gasteiger partial charge >= 0.3 is 5.97 Å². The molecule has 0 aliphatic rings. The van der Waals surface area contributed by atoms with Gasteiger partial charge in [-0.2, -0.15) is 0 Å². The van der Waals surface area contributed by atoms with Crippen LogP contribution in [0.3, 0.4) is 0 Å². The molecule has 0 aliphatic carbocycles. The van der Waals surface area contributed by atoms with Gasteiger partial charge in [0.05, 0.1) is 12.7 Å². The van der Waals surface area contributed by atoms with Gasteiger partial charge in [-0.05, 0) is 28.1 Å². The predicted molar refractivity (Wildman–Crippen MR) is 58.6 cm³/mol. The Hall–Kier alpha value is -1.49. The molecular weight excluding hydrogens is 260 g/mol. The number of carbonyl (C=O) groups is 1. The Balaban J connectivity index is 2.59. The van der Waals surface area contributed by atoms with Crippen molar-refractivity contribution in [1.82, 2.24) is 9.97 Å². The van der Waals surface area contributed by atoms with E-state index in [1.807, 2.05) is 6.07 Å². The summed E-state index contributed by atoms with van der Waals surface area (Å²) in [6.45, 7) is 0. The molecule has 5 heteroatoms. The fraction of sp³-hybridized carbons (Fsp3) is 0.100. The number of halogens is 1. The summed E-state index contributed by atoms with van der Waals surface area (Å²) < 4.78 is 5.45. The van der Waals surface area contributed by atoms with Crippen LogP contribution in [0.25, 0.3) is 11.0 Å². The van der Waals surface area contributed by atoms with Gasteiger partial charge in [0.15, 0.2) is 5.65 Å². The topological polar surface area (TPSA) is 52.1 Å². The third kappa shape index (κ3) is 1.97. The van der Waals surface area contributed by atoms with Crippen molar-refractivity contribution in [3.8, 4) is 0 Å². The molecule has 0 amide bonds. The Bertz CT molecular complexity index is 528. The van der Waals surface area contributed by atoms with Gasteiger partial charge in [0, 0.05) is 22.3 Å². The Kier molecular flexibility index (Phi) is 2.64. The summed E-state index contributed by atoms with van der Waals surface area (Å²) in [5, 5.41) is 0.798. The van der Waals surface area contributed by atoms with Gasteiger partial charge in [0.1, 0.15) is 0 Å². The standard InChI is InChI=1S/C10H7BrN2O2/c1-15-10(14)7-2-6-3-8(11)5-13-9(6)12-4-7/h2-5H,1H3. The zero-order chi connectivity index (χ0) is 10.8. The van der Waals surface area contributed by atoms with E-state index in [2.05, 4.69) is 30.6 Å². The van der Waals surface area contributed by atoms with E-state index in [4.69, 9.17) is 0 Å². The lowest BCUT2D eigenvalue weighted by atomic mass is 10.2. The predicted octanol–water partition coefficient (Wildman–Crippen LogP) is 2.18. The molecule has 76 valence electrons. The highest BCUT2D eigenvalue weighted by atomic mass is 79.9. The summed E-state index contributed by atoms with van der Waals surface area (Å²) >= 11 is 3.30. The van der Waals surface area contributed by atoms with Crippen molar-refractivity contribution >= 4 is 32.9 Å². The first kappa shape index (κ1) is 10.0. The third-order valence-electron chi connectivity index (χ3n) is 1.92. The van der Waals surface area contributed by atoms with E-state index in [1.165, 1.54) is 13.3 Å². The molecule has 0 saturated carbocycles. The largest absolute Gasteiger partial charge is 0.465 e. The van der Waals surface area contributed by atoms with Gasteiger partial charge in [-0.3, -0.25) is 0 Å². The molecular formula is C10H7BrN2O2. The van der Waals surface area contributed by atoms with E-state index in [1.54, 1.807) is 12.3 Å². The fourth-order valence-corrected chi connectivity index (χ4v) is 1.58. The Morgan fingerprint density at radius 2 is 2.07 bits per heavy atom. The summed E-state index contributed by atoms with van der Waals surface area (Å²) in [6.07, 6.45) is 3.11. The van der Waals surface area contributed by atoms with E-state index in [9.17, 15) is 4.79 Å². The van der Waals surface area contributed by atoms with Gasteiger partial charge < -0.3 is 4.74 Å². The minimum absolute atomic E-state index is 0.399. The fourth-order valence-electron chi connectivity index (χ4n) is 1.23. The number of rotatable bonds is 1. The Morgan fingerprint density at radius 3 is 2.80 bits per heavy atom. The van der Waals surface area contributed by atoms with E-state index < -0.39 is 5.97 Å². The van der Waals surface area contributed by atoms with E-state index in [-0.39, 0.29) is 0 Å². The van der Waals surface area contributed by atoms with Crippen molar-refractivity contribution < 1.29 is 9.53 Å². The van der Waals surface area contributed by atoms with Crippen LogP contribution < -0.4 is 0 Å². The van der Waals surface area contributed by atoms with E-state index in [0.29, 0.717) is 11.2 Å². The second-order valence-corrected chi connectivity index (χ2v) is 3.83. The number of methoxy groups -OCH3 is 1. The first-order valence-electron chi connectivity index (χ1n) is 4.20. The molecule has 0 N–H and O–H groups in total. The monoisotopic (exact) mass is 266 g/mol. The van der Waals surface area contributed by atoms with Crippen LogP contribution in [0.2, 0.25) is 0 Å². The minimum atomic E-state index is -0.399. The average Bonchev–Trinajstić information content (AvgIpc) is 2.27. The van der Waals surface area contributed by atoms with Crippen molar-refractivity contribution in [3.63, 3.8) is 0 Å². The quantitative estimate of drug-likeness (QED) is 0.743. The first-order valence-corrected chi connectivity index (χ1v) is 4.99. The van der Waals surface area contributed by atoms with Gasteiger partial charge in [-0.1, -0.05) is 0 Å². The van der Waals surface area contributed by atoms with E-state index in [0.717, 1.165) is 9.86 Å². The van der Waals surface area contributed by atoms with Crippen LogP contribution in [0.5, 0.6) is 0 Å². The maximum atomic E-state index is 11.2. The molecule has 0 fully saturated rings. The molecule has 0 aliphatic heterocycles. The van der Waals surface area contributed by atoms with Crippen LogP contribution >= 0.6 is 15.9 Å². The highest BCUT2D eigenvalue weighted by Gasteiger charge is 2.07. The lowest BCUT2D eigenvalue weighted by molar-refractivity contribution is 0.0600. The van der Waals surface area contributed by atoms with Gasteiger partial charge in [-0.15, -0.1) is 0 Å². The molecule has 0 spiro atoms. The highest BCUT2D eigenvalue weighted by molar-refractivity contribution is 9.10. The van der Waals surface area contributed by atoms with Crippen molar-refractivity contribution in [2.75, 3.05) is 7.11 Å². The molecule has 0 saturated heterocycles. The molecule has 15 heavy (non-hydrogen) atoms. The molecule has 2 heterocycles. The lowest BCUT2D eigenvalue weighted by Gasteiger charge is -2.00. The minimum Gasteiger partial charge on any atom is -0.465 e. The number of pyridine rings is 2. The van der Waals surface area contributed by atoms with Gasteiger partial charge in [0.2, 0.25) is 0 Å².